The van der Waals surface area contributed by atoms with E-state index in [9.17, 15) is 9.90 Å². The van der Waals surface area contributed by atoms with Crippen LogP contribution in [0, 0.1) is 0 Å². The van der Waals surface area contributed by atoms with Crippen molar-refractivity contribution in [3.63, 3.8) is 0 Å². The standard InChI is InChI=1S/C17H16O4/c1-9(2)12-7-10(18)8-14-16(12)15-11(17(19)21-14)5-4-6-13(15)20-3/h4-9,18H,1-3H3. The number of hydrogen-bond donors (Lipinski definition) is 1. The first-order chi connectivity index (χ1) is 10.0. The van der Waals surface area contributed by atoms with Crippen LogP contribution in [0.4, 0.5) is 0 Å². The lowest BCUT2D eigenvalue weighted by Crippen LogP contribution is -2.03. The van der Waals surface area contributed by atoms with Crippen LogP contribution in [0.3, 0.4) is 0 Å². The van der Waals surface area contributed by atoms with E-state index >= 15 is 0 Å². The number of aromatic hydroxyl groups is 1. The molecule has 4 heteroatoms. The predicted molar refractivity (Wildman–Crippen MR) is 82.3 cm³/mol. The Kier molecular flexibility index (Phi) is 3.09. The van der Waals surface area contributed by atoms with Crippen molar-refractivity contribution >= 4 is 21.7 Å². The zero-order valence-corrected chi connectivity index (χ0v) is 12.1. The Morgan fingerprint density at radius 2 is 1.95 bits per heavy atom. The highest BCUT2D eigenvalue weighted by Gasteiger charge is 2.17. The van der Waals surface area contributed by atoms with Crippen LogP contribution in [0.2, 0.25) is 0 Å². The summed E-state index contributed by atoms with van der Waals surface area (Å²) < 4.78 is 10.8. The first-order valence-corrected chi connectivity index (χ1v) is 6.79. The quantitative estimate of drug-likeness (QED) is 0.574. The monoisotopic (exact) mass is 284 g/mol. The summed E-state index contributed by atoms with van der Waals surface area (Å²) in [6.45, 7) is 4.06. The van der Waals surface area contributed by atoms with Crippen molar-refractivity contribution in [2.75, 3.05) is 7.11 Å². The van der Waals surface area contributed by atoms with Crippen molar-refractivity contribution in [1.82, 2.24) is 0 Å². The molecule has 0 saturated heterocycles. The van der Waals surface area contributed by atoms with Crippen molar-refractivity contribution in [3.05, 3.63) is 46.3 Å². The van der Waals surface area contributed by atoms with Gasteiger partial charge in [-0.2, -0.15) is 0 Å². The molecule has 1 heterocycles. The van der Waals surface area contributed by atoms with Gasteiger partial charge >= 0.3 is 5.63 Å². The van der Waals surface area contributed by atoms with E-state index in [-0.39, 0.29) is 11.7 Å². The van der Waals surface area contributed by atoms with Crippen LogP contribution in [0.25, 0.3) is 21.7 Å². The van der Waals surface area contributed by atoms with Gasteiger partial charge in [0.25, 0.3) is 0 Å². The van der Waals surface area contributed by atoms with Crippen molar-refractivity contribution in [2.45, 2.75) is 19.8 Å². The van der Waals surface area contributed by atoms with Crippen LogP contribution >= 0.6 is 0 Å². The van der Waals surface area contributed by atoms with Gasteiger partial charge < -0.3 is 14.3 Å². The zero-order valence-electron chi connectivity index (χ0n) is 12.1. The first-order valence-electron chi connectivity index (χ1n) is 6.79. The smallest absolute Gasteiger partial charge is 0.344 e. The van der Waals surface area contributed by atoms with Gasteiger partial charge in [-0.15, -0.1) is 0 Å². The van der Waals surface area contributed by atoms with Gasteiger partial charge in [0.15, 0.2) is 0 Å². The summed E-state index contributed by atoms with van der Waals surface area (Å²) in [7, 11) is 1.57. The average molecular weight is 284 g/mol. The molecule has 0 aliphatic rings. The second kappa shape index (κ2) is 4.81. The number of ether oxygens (including phenoxy) is 1. The number of benzene rings is 2. The lowest BCUT2D eigenvalue weighted by atomic mass is 9.94. The molecular weight excluding hydrogens is 268 g/mol. The van der Waals surface area contributed by atoms with E-state index < -0.39 is 5.63 Å². The molecule has 0 spiro atoms. The molecule has 3 rings (SSSR count). The minimum Gasteiger partial charge on any atom is -0.508 e. The minimum absolute atomic E-state index is 0.0867. The van der Waals surface area contributed by atoms with Gasteiger partial charge in [-0.3, -0.25) is 0 Å². The maximum atomic E-state index is 12.1. The van der Waals surface area contributed by atoms with Crippen LogP contribution < -0.4 is 10.4 Å². The molecule has 0 saturated carbocycles. The SMILES string of the molecule is COc1cccc2c(=O)oc3cc(O)cc(C(C)C)c3c12. The van der Waals surface area contributed by atoms with Crippen molar-refractivity contribution < 1.29 is 14.3 Å². The van der Waals surface area contributed by atoms with Crippen LogP contribution in [-0.4, -0.2) is 12.2 Å². The molecule has 0 atom stereocenters. The minimum atomic E-state index is -0.434. The second-order valence-corrected chi connectivity index (χ2v) is 5.34. The summed E-state index contributed by atoms with van der Waals surface area (Å²) in [6.07, 6.45) is 0. The summed E-state index contributed by atoms with van der Waals surface area (Å²) >= 11 is 0. The molecule has 21 heavy (non-hydrogen) atoms. The van der Waals surface area contributed by atoms with E-state index in [1.165, 1.54) is 6.07 Å². The summed E-state index contributed by atoms with van der Waals surface area (Å²) in [5, 5.41) is 11.9. The Balaban J connectivity index is 2.66. The molecule has 108 valence electrons. The lowest BCUT2D eigenvalue weighted by molar-refractivity contribution is 0.419. The van der Waals surface area contributed by atoms with Gasteiger partial charge in [-0.1, -0.05) is 19.9 Å². The van der Waals surface area contributed by atoms with E-state index in [1.54, 1.807) is 25.3 Å². The summed E-state index contributed by atoms with van der Waals surface area (Å²) in [5.41, 5.74) is 0.862. The van der Waals surface area contributed by atoms with Gasteiger partial charge in [-0.25, -0.2) is 4.79 Å². The van der Waals surface area contributed by atoms with Gasteiger partial charge in [-0.05, 0) is 29.7 Å². The summed E-state index contributed by atoms with van der Waals surface area (Å²) in [5.74, 6) is 0.877. The maximum Gasteiger partial charge on any atom is 0.344 e. The third-order valence-electron chi connectivity index (χ3n) is 3.66. The first kappa shape index (κ1) is 13.5. The largest absolute Gasteiger partial charge is 0.508 e. The fourth-order valence-electron chi connectivity index (χ4n) is 2.71. The van der Waals surface area contributed by atoms with Crippen molar-refractivity contribution in [3.8, 4) is 11.5 Å². The molecule has 0 amide bonds. The fourth-order valence-corrected chi connectivity index (χ4v) is 2.71. The number of phenolic OH excluding ortho intramolecular Hbond substituents is 1. The van der Waals surface area contributed by atoms with Gasteiger partial charge in [0.2, 0.25) is 0 Å². The average Bonchev–Trinajstić information content (AvgIpc) is 2.45. The normalized spacial score (nSPS) is 11.4. The Morgan fingerprint density at radius 1 is 1.19 bits per heavy atom. The van der Waals surface area contributed by atoms with E-state index in [1.807, 2.05) is 19.9 Å². The van der Waals surface area contributed by atoms with E-state index in [0.717, 1.165) is 16.3 Å². The summed E-state index contributed by atoms with van der Waals surface area (Å²) in [6, 6.07) is 8.48. The van der Waals surface area contributed by atoms with Crippen LogP contribution in [0.1, 0.15) is 25.3 Å². The third kappa shape index (κ3) is 2.03. The summed E-state index contributed by atoms with van der Waals surface area (Å²) in [4.78, 5) is 12.1. The molecule has 4 nitrogen and oxygen atoms in total. The molecule has 2 aromatic carbocycles. The molecule has 1 N–H and O–H groups in total. The molecule has 1 aromatic heterocycles. The van der Waals surface area contributed by atoms with E-state index in [4.69, 9.17) is 9.15 Å². The number of hydrogen-bond acceptors (Lipinski definition) is 4. The number of methoxy groups -OCH3 is 1. The fraction of sp³-hybridized carbons (Fsp3) is 0.235. The van der Waals surface area contributed by atoms with Crippen molar-refractivity contribution in [1.29, 1.82) is 0 Å². The van der Waals surface area contributed by atoms with Crippen molar-refractivity contribution in [2.24, 2.45) is 0 Å². The molecule has 3 aromatic rings. The maximum absolute atomic E-state index is 12.1. The lowest BCUT2D eigenvalue weighted by Gasteiger charge is -2.14. The third-order valence-corrected chi connectivity index (χ3v) is 3.66. The molecule has 0 bridgehead atoms. The highest BCUT2D eigenvalue weighted by atomic mass is 16.5. The molecule has 0 unspecified atom stereocenters. The molecule has 0 fully saturated rings. The Hall–Kier alpha value is -2.49. The Bertz CT molecular complexity index is 891. The Labute approximate surface area is 121 Å². The van der Waals surface area contributed by atoms with Crippen LogP contribution in [0.15, 0.2) is 39.5 Å². The molecule has 0 aliphatic heterocycles. The van der Waals surface area contributed by atoms with E-state index in [2.05, 4.69) is 0 Å². The van der Waals surface area contributed by atoms with Crippen LogP contribution in [-0.2, 0) is 0 Å². The number of rotatable bonds is 2. The van der Waals surface area contributed by atoms with Gasteiger partial charge in [0, 0.05) is 16.8 Å². The van der Waals surface area contributed by atoms with E-state index in [0.29, 0.717) is 16.7 Å². The number of fused-ring (bicyclic) bond motifs is 3. The predicted octanol–water partition coefficient (Wildman–Crippen LogP) is 3.78. The van der Waals surface area contributed by atoms with Gasteiger partial charge in [0.05, 0.1) is 12.5 Å². The highest BCUT2D eigenvalue weighted by molar-refractivity contribution is 6.09. The molecular formula is C17H16O4. The molecule has 0 radical (unpaired) electrons. The zero-order chi connectivity index (χ0) is 15.1. The topological polar surface area (TPSA) is 59.7 Å². The van der Waals surface area contributed by atoms with Gasteiger partial charge in [0.1, 0.15) is 17.1 Å². The molecule has 0 aliphatic carbocycles. The number of phenols is 1. The Morgan fingerprint density at radius 3 is 2.62 bits per heavy atom. The second-order valence-electron chi connectivity index (χ2n) is 5.34. The van der Waals surface area contributed by atoms with Crippen LogP contribution in [0.5, 0.6) is 11.5 Å². The highest BCUT2D eigenvalue weighted by Crippen LogP contribution is 2.37.